The second kappa shape index (κ2) is 8.84. The fraction of sp³-hybridized carbons (Fsp3) is 0.263. The third-order valence-electron chi connectivity index (χ3n) is 3.48. The molecular weight excluding hydrogens is 322 g/mol. The van der Waals surface area contributed by atoms with Crippen LogP contribution in [0.1, 0.15) is 18.1 Å². The Morgan fingerprint density at radius 1 is 0.960 bits per heavy atom. The van der Waals surface area contributed by atoms with Gasteiger partial charge >= 0.3 is 5.97 Å². The molecule has 25 heavy (non-hydrogen) atoms. The lowest BCUT2D eigenvalue weighted by Gasteiger charge is -2.12. The number of ether oxygens (including phenoxy) is 3. The molecule has 0 aliphatic rings. The van der Waals surface area contributed by atoms with Gasteiger partial charge in [0, 0.05) is 11.1 Å². The maximum atomic E-state index is 11.7. The molecule has 0 saturated carbocycles. The number of aliphatic hydroxyl groups is 1. The second-order valence-corrected chi connectivity index (χ2v) is 5.06. The van der Waals surface area contributed by atoms with E-state index < -0.39 is 12.2 Å². The Labute approximate surface area is 146 Å². The van der Waals surface area contributed by atoms with Crippen molar-refractivity contribution in [2.75, 3.05) is 20.8 Å². The van der Waals surface area contributed by atoms with Crippen molar-refractivity contribution in [2.24, 2.45) is 4.99 Å². The molecule has 1 N–H and O–H groups in total. The molecule has 0 spiro atoms. The van der Waals surface area contributed by atoms with Crippen LogP contribution in [0.3, 0.4) is 0 Å². The molecule has 2 aromatic carbocycles. The minimum atomic E-state index is -1.60. The first-order valence-corrected chi connectivity index (χ1v) is 7.80. The largest absolute Gasteiger partial charge is 0.497 e. The fourth-order valence-corrected chi connectivity index (χ4v) is 2.21. The highest BCUT2D eigenvalue weighted by Crippen LogP contribution is 2.19. The molecule has 1 unspecified atom stereocenters. The van der Waals surface area contributed by atoms with Gasteiger partial charge in [0.1, 0.15) is 11.5 Å². The maximum Gasteiger partial charge on any atom is 0.358 e. The SMILES string of the molecule is CCOC(=O)C(O)N=C(c1ccc(OC)cc1)c1ccc(OC)cc1. The summed E-state index contributed by atoms with van der Waals surface area (Å²) in [6.07, 6.45) is -1.60. The van der Waals surface area contributed by atoms with E-state index in [9.17, 15) is 9.90 Å². The molecule has 0 fully saturated rings. The zero-order chi connectivity index (χ0) is 18.2. The first-order valence-electron chi connectivity index (χ1n) is 7.80. The third-order valence-corrected chi connectivity index (χ3v) is 3.48. The molecular formula is C19H21NO5. The zero-order valence-electron chi connectivity index (χ0n) is 14.4. The van der Waals surface area contributed by atoms with E-state index in [0.29, 0.717) is 17.2 Å². The minimum Gasteiger partial charge on any atom is -0.497 e. The quantitative estimate of drug-likeness (QED) is 0.617. The summed E-state index contributed by atoms with van der Waals surface area (Å²) in [5.41, 5.74) is 1.93. The summed E-state index contributed by atoms with van der Waals surface area (Å²) in [7, 11) is 3.16. The van der Waals surface area contributed by atoms with Gasteiger partial charge in [0.25, 0.3) is 0 Å². The van der Waals surface area contributed by atoms with Crippen molar-refractivity contribution in [3.63, 3.8) is 0 Å². The van der Waals surface area contributed by atoms with Crippen LogP contribution in [-0.4, -0.2) is 43.8 Å². The second-order valence-electron chi connectivity index (χ2n) is 5.06. The van der Waals surface area contributed by atoms with Crippen LogP contribution in [0.4, 0.5) is 0 Å². The smallest absolute Gasteiger partial charge is 0.358 e. The summed E-state index contributed by atoms with van der Waals surface area (Å²) in [4.78, 5) is 15.9. The number of methoxy groups -OCH3 is 2. The number of benzene rings is 2. The van der Waals surface area contributed by atoms with E-state index in [2.05, 4.69) is 4.99 Å². The van der Waals surface area contributed by atoms with E-state index in [-0.39, 0.29) is 6.61 Å². The fourth-order valence-electron chi connectivity index (χ4n) is 2.21. The van der Waals surface area contributed by atoms with Crippen LogP contribution < -0.4 is 9.47 Å². The number of carbonyl (C=O) groups excluding carboxylic acids is 1. The Kier molecular flexibility index (Phi) is 6.54. The third kappa shape index (κ3) is 4.81. The van der Waals surface area contributed by atoms with Gasteiger partial charge in [0.2, 0.25) is 6.23 Å². The van der Waals surface area contributed by atoms with Gasteiger partial charge in [0.15, 0.2) is 0 Å². The van der Waals surface area contributed by atoms with Crippen LogP contribution in [0.25, 0.3) is 0 Å². The van der Waals surface area contributed by atoms with E-state index in [0.717, 1.165) is 11.1 Å². The first kappa shape index (κ1) is 18.5. The van der Waals surface area contributed by atoms with E-state index in [1.165, 1.54) is 0 Å². The van der Waals surface area contributed by atoms with Crippen molar-refractivity contribution < 1.29 is 24.1 Å². The molecule has 2 rings (SSSR count). The van der Waals surface area contributed by atoms with Gasteiger partial charge in [-0.3, -0.25) is 0 Å². The van der Waals surface area contributed by atoms with Crippen molar-refractivity contribution in [1.82, 2.24) is 0 Å². The van der Waals surface area contributed by atoms with Gasteiger partial charge < -0.3 is 19.3 Å². The number of hydrogen-bond donors (Lipinski definition) is 1. The Hall–Kier alpha value is -2.86. The molecule has 0 heterocycles. The Balaban J connectivity index is 2.43. The van der Waals surface area contributed by atoms with E-state index >= 15 is 0 Å². The van der Waals surface area contributed by atoms with E-state index in [4.69, 9.17) is 14.2 Å². The van der Waals surface area contributed by atoms with Crippen molar-refractivity contribution >= 4 is 11.7 Å². The highest BCUT2D eigenvalue weighted by Gasteiger charge is 2.18. The van der Waals surface area contributed by atoms with Gasteiger partial charge in [-0.15, -0.1) is 0 Å². The van der Waals surface area contributed by atoms with E-state index in [1.807, 2.05) is 0 Å². The number of carbonyl (C=O) groups is 1. The molecule has 0 amide bonds. The van der Waals surface area contributed by atoms with E-state index in [1.54, 1.807) is 69.7 Å². The van der Waals surface area contributed by atoms with Crippen molar-refractivity contribution in [3.8, 4) is 11.5 Å². The normalized spacial score (nSPS) is 11.4. The predicted octanol–water partition coefficient (Wildman–Crippen LogP) is 2.42. The Morgan fingerprint density at radius 3 is 1.76 bits per heavy atom. The topological polar surface area (TPSA) is 77.4 Å². The molecule has 0 aromatic heterocycles. The average Bonchev–Trinajstić information content (AvgIpc) is 2.66. The first-order chi connectivity index (χ1) is 12.1. The van der Waals surface area contributed by atoms with Gasteiger partial charge in [-0.2, -0.15) is 0 Å². The molecule has 6 nitrogen and oxygen atoms in total. The Bertz CT molecular complexity index is 673. The van der Waals surface area contributed by atoms with Crippen molar-refractivity contribution in [3.05, 3.63) is 59.7 Å². The number of aliphatic imine (C=N–C) groups is 1. The summed E-state index contributed by atoms with van der Waals surface area (Å²) < 4.78 is 15.1. The summed E-state index contributed by atoms with van der Waals surface area (Å²) in [5, 5.41) is 10.0. The van der Waals surface area contributed by atoms with Crippen LogP contribution in [0.15, 0.2) is 53.5 Å². The monoisotopic (exact) mass is 343 g/mol. The molecule has 0 aliphatic carbocycles. The van der Waals surface area contributed by atoms with Crippen LogP contribution in [0.5, 0.6) is 11.5 Å². The van der Waals surface area contributed by atoms with Crippen LogP contribution in [0, 0.1) is 0 Å². The number of nitrogens with zero attached hydrogens (tertiary/aromatic N) is 1. The molecule has 0 radical (unpaired) electrons. The zero-order valence-corrected chi connectivity index (χ0v) is 14.4. The van der Waals surface area contributed by atoms with Crippen LogP contribution in [0.2, 0.25) is 0 Å². The Morgan fingerprint density at radius 2 is 1.40 bits per heavy atom. The standard InChI is InChI=1S/C19H21NO5/c1-4-25-19(22)18(21)20-17(13-5-9-15(23-2)10-6-13)14-7-11-16(24-3)12-8-14/h5-12,18,21H,4H2,1-3H3. The summed E-state index contributed by atoms with van der Waals surface area (Å²) >= 11 is 0. The van der Waals surface area contributed by atoms with Gasteiger partial charge in [-0.25, -0.2) is 9.79 Å². The van der Waals surface area contributed by atoms with Gasteiger partial charge in [-0.1, -0.05) is 0 Å². The highest BCUT2D eigenvalue weighted by molar-refractivity contribution is 6.13. The lowest BCUT2D eigenvalue weighted by molar-refractivity contribution is -0.152. The maximum absolute atomic E-state index is 11.7. The summed E-state index contributed by atoms with van der Waals surface area (Å²) in [5.74, 6) is 0.606. The number of rotatable bonds is 7. The lowest BCUT2D eigenvalue weighted by Crippen LogP contribution is -2.23. The van der Waals surface area contributed by atoms with Crippen LogP contribution >= 0.6 is 0 Å². The van der Waals surface area contributed by atoms with Gasteiger partial charge in [-0.05, 0) is 55.5 Å². The molecule has 0 saturated heterocycles. The predicted molar refractivity (Wildman–Crippen MR) is 94.3 cm³/mol. The van der Waals surface area contributed by atoms with Crippen LogP contribution in [-0.2, 0) is 9.53 Å². The van der Waals surface area contributed by atoms with Crippen molar-refractivity contribution in [2.45, 2.75) is 13.2 Å². The number of esters is 1. The minimum absolute atomic E-state index is 0.172. The molecule has 2 aromatic rings. The summed E-state index contributed by atoms with van der Waals surface area (Å²) in [6, 6.07) is 14.4. The molecule has 0 bridgehead atoms. The molecule has 6 heteroatoms. The van der Waals surface area contributed by atoms with Crippen molar-refractivity contribution in [1.29, 1.82) is 0 Å². The number of hydrogen-bond acceptors (Lipinski definition) is 6. The lowest BCUT2D eigenvalue weighted by atomic mass is 10.0. The molecule has 132 valence electrons. The molecule has 1 atom stereocenters. The average molecular weight is 343 g/mol. The number of aliphatic hydroxyl groups excluding tert-OH is 1. The molecule has 0 aliphatic heterocycles. The summed E-state index contributed by atoms with van der Waals surface area (Å²) in [6.45, 7) is 1.84. The van der Waals surface area contributed by atoms with Gasteiger partial charge in [0.05, 0.1) is 26.5 Å². The highest BCUT2D eigenvalue weighted by atomic mass is 16.5.